The lowest BCUT2D eigenvalue weighted by Crippen LogP contribution is -2.42. The lowest BCUT2D eigenvalue weighted by Gasteiger charge is -2.26. The second-order valence-electron chi connectivity index (χ2n) is 4.88. The van der Waals surface area contributed by atoms with Crippen LogP contribution in [0.25, 0.3) is 0 Å². The zero-order valence-corrected chi connectivity index (χ0v) is 12.4. The molecule has 0 amide bonds. The molecular weight excluding hydrogens is 292 g/mol. The normalized spacial score (nSPS) is 20.3. The van der Waals surface area contributed by atoms with Crippen LogP contribution in [0, 0.1) is 0 Å². The molecule has 0 radical (unpaired) electrons. The topological polar surface area (TPSA) is 24.5 Å². The summed E-state index contributed by atoms with van der Waals surface area (Å²) in [6.07, 6.45) is 1.14. The van der Waals surface area contributed by atoms with Crippen LogP contribution in [0.5, 0.6) is 0 Å². The predicted octanol–water partition coefficient (Wildman–Crippen LogP) is 2.26. The number of halogens is 1. The Bertz CT molecular complexity index is 367. The smallest absolute Gasteiger partial charge is 0.0620 e. The Morgan fingerprint density at radius 1 is 1.50 bits per heavy atom. The van der Waals surface area contributed by atoms with Crippen molar-refractivity contribution in [2.75, 3.05) is 33.4 Å². The second kappa shape index (κ2) is 7.24. The van der Waals surface area contributed by atoms with Gasteiger partial charge in [-0.2, -0.15) is 0 Å². The van der Waals surface area contributed by atoms with Crippen molar-refractivity contribution in [1.29, 1.82) is 0 Å². The van der Waals surface area contributed by atoms with E-state index in [9.17, 15) is 0 Å². The molecule has 18 heavy (non-hydrogen) atoms. The molecule has 0 spiro atoms. The van der Waals surface area contributed by atoms with Crippen LogP contribution in [-0.4, -0.2) is 44.3 Å². The first-order valence-corrected chi connectivity index (χ1v) is 7.27. The monoisotopic (exact) mass is 312 g/mol. The molecule has 0 bridgehead atoms. The molecule has 2 rings (SSSR count). The van der Waals surface area contributed by atoms with Gasteiger partial charge in [0.25, 0.3) is 0 Å². The summed E-state index contributed by atoms with van der Waals surface area (Å²) in [6, 6.07) is 9.02. The summed E-state index contributed by atoms with van der Waals surface area (Å²) in [6.45, 7) is 4.77. The highest BCUT2D eigenvalue weighted by atomic mass is 79.9. The maximum absolute atomic E-state index is 5.46. The van der Waals surface area contributed by atoms with Gasteiger partial charge < -0.3 is 15.0 Å². The average Bonchev–Trinajstić information content (AvgIpc) is 2.38. The first kappa shape index (κ1) is 14.0. The number of nitrogens with zero attached hydrogens (tertiary/aromatic N) is 1. The highest BCUT2D eigenvalue weighted by Crippen LogP contribution is 2.13. The molecule has 0 aromatic heterocycles. The summed E-state index contributed by atoms with van der Waals surface area (Å²) in [5.74, 6) is 0. The van der Waals surface area contributed by atoms with Gasteiger partial charge in [-0.05, 0) is 37.7 Å². The van der Waals surface area contributed by atoms with E-state index in [0.29, 0.717) is 6.04 Å². The van der Waals surface area contributed by atoms with Crippen LogP contribution in [0.2, 0.25) is 0 Å². The molecule has 1 unspecified atom stereocenters. The molecule has 3 nitrogen and oxygen atoms in total. The van der Waals surface area contributed by atoms with Crippen molar-refractivity contribution in [3.63, 3.8) is 0 Å². The van der Waals surface area contributed by atoms with Gasteiger partial charge >= 0.3 is 0 Å². The first-order valence-electron chi connectivity index (χ1n) is 6.48. The van der Waals surface area contributed by atoms with Crippen LogP contribution >= 0.6 is 15.9 Å². The fourth-order valence-electron chi connectivity index (χ4n) is 2.21. The Kier molecular flexibility index (Phi) is 5.63. The quantitative estimate of drug-likeness (QED) is 0.902. The van der Waals surface area contributed by atoms with Crippen molar-refractivity contribution >= 4 is 15.9 Å². The van der Waals surface area contributed by atoms with E-state index in [1.54, 1.807) is 0 Å². The number of rotatable bonds is 5. The molecule has 0 saturated carbocycles. The molecule has 0 aliphatic carbocycles. The Labute approximate surface area is 118 Å². The lowest BCUT2D eigenvalue weighted by molar-refractivity contribution is 0.0708. The summed E-state index contributed by atoms with van der Waals surface area (Å²) in [5, 5.41) is 3.49. The van der Waals surface area contributed by atoms with Crippen molar-refractivity contribution in [2.24, 2.45) is 0 Å². The molecule has 1 aromatic rings. The van der Waals surface area contributed by atoms with Gasteiger partial charge in [-0.25, -0.2) is 0 Å². The van der Waals surface area contributed by atoms with Gasteiger partial charge in [-0.3, -0.25) is 0 Å². The summed E-state index contributed by atoms with van der Waals surface area (Å²) in [5.41, 5.74) is 1.35. The molecule has 100 valence electrons. The molecule has 1 atom stereocenters. The third-order valence-corrected chi connectivity index (χ3v) is 3.69. The Morgan fingerprint density at radius 2 is 2.39 bits per heavy atom. The highest BCUT2D eigenvalue weighted by molar-refractivity contribution is 9.10. The van der Waals surface area contributed by atoms with E-state index in [4.69, 9.17) is 4.74 Å². The number of ether oxygens (including phenoxy) is 1. The van der Waals surface area contributed by atoms with Gasteiger partial charge in [-0.15, -0.1) is 0 Å². The van der Waals surface area contributed by atoms with Crippen LogP contribution < -0.4 is 5.32 Å². The van der Waals surface area contributed by atoms with E-state index in [-0.39, 0.29) is 0 Å². The van der Waals surface area contributed by atoms with Crippen molar-refractivity contribution in [3.05, 3.63) is 34.3 Å². The number of hydrogen-bond acceptors (Lipinski definition) is 3. The Balaban J connectivity index is 1.72. The number of nitrogens with one attached hydrogen (secondary N) is 1. The van der Waals surface area contributed by atoms with Crippen molar-refractivity contribution in [3.8, 4) is 0 Å². The fraction of sp³-hybridized carbons (Fsp3) is 0.571. The zero-order valence-electron chi connectivity index (χ0n) is 10.9. The summed E-state index contributed by atoms with van der Waals surface area (Å²) < 4.78 is 6.61. The zero-order chi connectivity index (χ0) is 12.8. The average molecular weight is 313 g/mol. The minimum Gasteiger partial charge on any atom is -0.379 e. The summed E-state index contributed by atoms with van der Waals surface area (Å²) in [4.78, 5) is 2.36. The van der Waals surface area contributed by atoms with E-state index in [1.165, 1.54) is 5.56 Å². The Morgan fingerprint density at radius 3 is 3.11 bits per heavy atom. The van der Waals surface area contributed by atoms with E-state index in [0.717, 1.165) is 43.7 Å². The van der Waals surface area contributed by atoms with E-state index in [1.807, 2.05) is 0 Å². The van der Waals surface area contributed by atoms with Gasteiger partial charge in [0, 0.05) is 23.6 Å². The standard InChI is InChI=1S/C14H21BrN2O/c1-17(7-5-14-11-18-8-6-16-14)10-12-3-2-4-13(15)9-12/h2-4,9,14,16H,5-8,10-11H2,1H3. The van der Waals surface area contributed by atoms with Crippen LogP contribution in [0.15, 0.2) is 28.7 Å². The number of morpholine rings is 1. The molecule has 1 fully saturated rings. The van der Waals surface area contributed by atoms with E-state index >= 15 is 0 Å². The number of hydrogen-bond donors (Lipinski definition) is 1. The first-order chi connectivity index (χ1) is 8.74. The summed E-state index contributed by atoms with van der Waals surface area (Å²) in [7, 11) is 2.17. The van der Waals surface area contributed by atoms with Gasteiger partial charge in [-0.1, -0.05) is 28.1 Å². The maximum atomic E-state index is 5.46. The maximum Gasteiger partial charge on any atom is 0.0620 e. The molecule has 1 aromatic carbocycles. The highest BCUT2D eigenvalue weighted by Gasteiger charge is 2.13. The van der Waals surface area contributed by atoms with Gasteiger partial charge in [0.05, 0.1) is 13.2 Å². The predicted molar refractivity (Wildman–Crippen MR) is 77.7 cm³/mol. The largest absolute Gasteiger partial charge is 0.379 e. The third-order valence-electron chi connectivity index (χ3n) is 3.20. The Hall–Kier alpha value is -0.420. The molecule has 1 aliphatic rings. The van der Waals surface area contributed by atoms with Gasteiger partial charge in [0.15, 0.2) is 0 Å². The van der Waals surface area contributed by atoms with Gasteiger partial charge in [0.1, 0.15) is 0 Å². The second-order valence-corrected chi connectivity index (χ2v) is 5.80. The molecular formula is C14H21BrN2O. The van der Waals surface area contributed by atoms with Crippen LogP contribution in [0.4, 0.5) is 0 Å². The van der Waals surface area contributed by atoms with Crippen molar-refractivity contribution in [1.82, 2.24) is 10.2 Å². The van der Waals surface area contributed by atoms with Crippen LogP contribution in [0.3, 0.4) is 0 Å². The SMILES string of the molecule is CN(CCC1COCCN1)Cc1cccc(Br)c1. The minimum absolute atomic E-state index is 0.517. The molecule has 4 heteroatoms. The van der Waals surface area contributed by atoms with Gasteiger partial charge in [0.2, 0.25) is 0 Å². The third kappa shape index (κ3) is 4.69. The molecule has 1 saturated heterocycles. The molecule has 1 aliphatic heterocycles. The summed E-state index contributed by atoms with van der Waals surface area (Å²) >= 11 is 3.51. The molecule has 1 heterocycles. The van der Waals surface area contributed by atoms with Crippen LogP contribution in [-0.2, 0) is 11.3 Å². The van der Waals surface area contributed by atoms with Crippen LogP contribution in [0.1, 0.15) is 12.0 Å². The lowest BCUT2D eigenvalue weighted by atomic mass is 10.1. The van der Waals surface area contributed by atoms with E-state index < -0.39 is 0 Å². The van der Waals surface area contributed by atoms with Crippen molar-refractivity contribution < 1.29 is 4.74 Å². The molecule has 1 N–H and O–H groups in total. The number of benzene rings is 1. The van der Waals surface area contributed by atoms with Crippen molar-refractivity contribution in [2.45, 2.75) is 19.0 Å². The minimum atomic E-state index is 0.517. The fourth-order valence-corrected chi connectivity index (χ4v) is 2.65. The van der Waals surface area contributed by atoms with E-state index in [2.05, 4.69) is 57.5 Å².